The van der Waals surface area contributed by atoms with E-state index in [9.17, 15) is 0 Å². The molecule has 0 amide bonds. The first-order valence-corrected chi connectivity index (χ1v) is 5.76. The largest absolute Gasteiger partial charge is 0.376 e. The van der Waals surface area contributed by atoms with Crippen molar-refractivity contribution in [1.29, 1.82) is 0 Å². The maximum atomic E-state index is 5.56. The number of hydrogen-bond acceptors (Lipinski definition) is 4. The summed E-state index contributed by atoms with van der Waals surface area (Å²) >= 11 is 0. The van der Waals surface area contributed by atoms with E-state index in [1.165, 1.54) is 0 Å². The molecule has 1 aromatic heterocycles. The summed E-state index contributed by atoms with van der Waals surface area (Å²) in [4.78, 5) is 4.42. The van der Waals surface area contributed by atoms with Crippen LogP contribution in [0.5, 0.6) is 0 Å². The quantitative estimate of drug-likeness (QED) is 0.831. The first-order chi connectivity index (χ1) is 7.79. The van der Waals surface area contributed by atoms with Crippen LogP contribution in [0.3, 0.4) is 0 Å². The van der Waals surface area contributed by atoms with Crippen LogP contribution in [0.2, 0.25) is 0 Å². The van der Waals surface area contributed by atoms with Gasteiger partial charge in [-0.3, -0.25) is 0 Å². The summed E-state index contributed by atoms with van der Waals surface area (Å²) in [7, 11) is 0. The van der Waals surface area contributed by atoms with E-state index in [-0.39, 0.29) is 6.10 Å². The molecule has 2 rings (SSSR count). The fourth-order valence-corrected chi connectivity index (χ4v) is 1.79. The van der Waals surface area contributed by atoms with Gasteiger partial charge in [-0.2, -0.15) is 0 Å². The van der Waals surface area contributed by atoms with Gasteiger partial charge in [0.05, 0.1) is 31.6 Å². The van der Waals surface area contributed by atoms with Crippen LogP contribution in [-0.2, 0) is 16.0 Å². The highest BCUT2D eigenvalue weighted by Gasteiger charge is 2.14. The van der Waals surface area contributed by atoms with Crippen molar-refractivity contribution in [3.05, 3.63) is 11.9 Å². The first kappa shape index (κ1) is 11.4. The Morgan fingerprint density at radius 2 is 2.44 bits per heavy atom. The molecule has 1 aliphatic rings. The molecule has 5 nitrogen and oxygen atoms in total. The van der Waals surface area contributed by atoms with E-state index in [1.54, 1.807) is 0 Å². The van der Waals surface area contributed by atoms with Crippen molar-refractivity contribution < 1.29 is 9.47 Å². The molecule has 16 heavy (non-hydrogen) atoms. The van der Waals surface area contributed by atoms with Crippen molar-refractivity contribution in [1.82, 2.24) is 9.55 Å². The molecule has 0 bridgehead atoms. The molecule has 1 saturated heterocycles. The lowest BCUT2D eigenvalue weighted by Gasteiger charge is -2.23. The Hall–Kier alpha value is -1.07. The van der Waals surface area contributed by atoms with Gasteiger partial charge in [-0.05, 0) is 13.8 Å². The molecule has 0 aromatic carbocycles. The van der Waals surface area contributed by atoms with Crippen molar-refractivity contribution in [2.45, 2.75) is 26.5 Å². The van der Waals surface area contributed by atoms with Crippen molar-refractivity contribution >= 4 is 5.95 Å². The number of hydrogen-bond donors (Lipinski definition) is 1. The van der Waals surface area contributed by atoms with E-state index < -0.39 is 0 Å². The highest BCUT2D eigenvalue weighted by atomic mass is 16.6. The second-order valence-electron chi connectivity index (χ2n) is 3.94. The van der Waals surface area contributed by atoms with E-state index in [2.05, 4.69) is 21.8 Å². The Morgan fingerprint density at radius 3 is 3.12 bits per heavy atom. The predicted octanol–water partition coefficient (Wildman–Crippen LogP) is 1.04. The zero-order chi connectivity index (χ0) is 11.4. The monoisotopic (exact) mass is 225 g/mol. The van der Waals surface area contributed by atoms with Crippen molar-refractivity contribution in [2.24, 2.45) is 0 Å². The molecule has 2 heterocycles. The van der Waals surface area contributed by atoms with Crippen molar-refractivity contribution in [2.75, 3.05) is 31.7 Å². The number of nitrogens with zero attached hydrogens (tertiary/aromatic N) is 2. The summed E-state index contributed by atoms with van der Waals surface area (Å²) in [5.74, 6) is 0.911. The minimum atomic E-state index is 0.135. The van der Waals surface area contributed by atoms with Crippen LogP contribution in [0.25, 0.3) is 0 Å². The molecule has 0 spiro atoms. The summed E-state index contributed by atoms with van der Waals surface area (Å²) < 4.78 is 13.0. The molecule has 1 N–H and O–H groups in total. The minimum absolute atomic E-state index is 0.135. The van der Waals surface area contributed by atoms with E-state index in [0.717, 1.165) is 24.7 Å². The van der Waals surface area contributed by atoms with Crippen LogP contribution in [0.4, 0.5) is 5.95 Å². The Bertz CT molecular complexity index is 332. The third kappa shape index (κ3) is 2.74. The third-order valence-electron chi connectivity index (χ3n) is 2.61. The highest BCUT2D eigenvalue weighted by Crippen LogP contribution is 2.09. The van der Waals surface area contributed by atoms with E-state index in [4.69, 9.17) is 9.47 Å². The fraction of sp³-hybridized carbons (Fsp3) is 0.727. The van der Waals surface area contributed by atoms with Crippen LogP contribution in [0.15, 0.2) is 6.20 Å². The lowest BCUT2D eigenvalue weighted by molar-refractivity contribution is -0.0819. The maximum Gasteiger partial charge on any atom is 0.203 e. The number of aromatic nitrogens is 2. The SMILES string of the molecule is CCn1cc(C)nc1NCC1COCCO1. The Kier molecular flexibility index (Phi) is 3.79. The normalized spacial score (nSPS) is 21.0. The van der Waals surface area contributed by atoms with Gasteiger partial charge in [0.2, 0.25) is 5.95 Å². The Balaban J connectivity index is 1.87. The number of imidazole rings is 1. The van der Waals surface area contributed by atoms with Crippen LogP contribution >= 0.6 is 0 Å². The molecule has 0 radical (unpaired) electrons. The molecule has 1 unspecified atom stereocenters. The molecular formula is C11H19N3O2. The average Bonchev–Trinajstić information content (AvgIpc) is 2.68. The van der Waals surface area contributed by atoms with Gasteiger partial charge in [-0.15, -0.1) is 0 Å². The van der Waals surface area contributed by atoms with Gasteiger partial charge in [-0.25, -0.2) is 4.98 Å². The predicted molar refractivity (Wildman–Crippen MR) is 61.7 cm³/mol. The lowest BCUT2D eigenvalue weighted by atomic mass is 10.3. The van der Waals surface area contributed by atoms with Crippen molar-refractivity contribution in [3.63, 3.8) is 0 Å². The van der Waals surface area contributed by atoms with E-state index in [1.807, 2.05) is 13.1 Å². The molecule has 0 aliphatic carbocycles. The van der Waals surface area contributed by atoms with Crippen molar-refractivity contribution in [3.8, 4) is 0 Å². The van der Waals surface area contributed by atoms with Crippen LogP contribution in [0.1, 0.15) is 12.6 Å². The van der Waals surface area contributed by atoms with E-state index >= 15 is 0 Å². The van der Waals surface area contributed by atoms with Gasteiger partial charge in [0.25, 0.3) is 0 Å². The highest BCUT2D eigenvalue weighted by molar-refractivity contribution is 5.28. The summed E-state index contributed by atoms with van der Waals surface area (Å²) in [6.07, 6.45) is 2.18. The molecule has 0 saturated carbocycles. The molecule has 1 aliphatic heterocycles. The number of ether oxygens (including phenoxy) is 2. The van der Waals surface area contributed by atoms with Gasteiger partial charge in [0.1, 0.15) is 0 Å². The number of rotatable bonds is 4. The van der Waals surface area contributed by atoms with Gasteiger partial charge in [-0.1, -0.05) is 0 Å². The van der Waals surface area contributed by atoms with Crippen LogP contribution < -0.4 is 5.32 Å². The second kappa shape index (κ2) is 5.32. The minimum Gasteiger partial charge on any atom is -0.376 e. The van der Waals surface area contributed by atoms with E-state index in [0.29, 0.717) is 19.8 Å². The topological polar surface area (TPSA) is 48.3 Å². The van der Waals surface area contributed by atoms with Gasteiger partial charge < -0.3 is 19.4 Å². The molecule has 5 heteroatoms. The molecule has 1 fully saturated rings. The average molecular weight is 225 g/mol. The standard InChI is InChI=1S/C11H19N3O2/c1-3-14-7-9(2)13-11(14)12-6-10-8-15-4-5-16-10/h7,10H,3-6,8H2,1-2H3,(H,12,13). The smallest absolute Gasteiger partial charge is 0.203 e. The third-order valence-corrected chi connectivity index (χ3v) is 2.61. The first-order valence-electron chi connectivity index (χ1n) is 5.76. The Labute approximate surface area is 95.8 Å². The fourth-order valence-electron chi connectivity index (χ4n) is 1.79. The number of aryl methyl sites for hydroxylation is 2. The van der Waals surface area contributed by atoms with Gasteiger partial charge >= 0.3 is 0 Å². The molecule has 1 atom stereocenters. The second-order valence-corrected chi connectivity index (χ2v) is 3.94. The number of nitrogens with one attached hydrogen (secondary N) is 1. The molecule has 1 aromatic rings. The number of anilines is 1. The molecule has 90 valence electrons. The summed E-state index contributed by atoms with van der Waals surface area (Å²) in [5, 5.41) is 3.30. The lowest BCUT2D eigenvalue weighted by Crippen LogP contribution is -2.34. The summed E-state index contributed by atoms with van der Waals surface area (Å²) in [6, 6.07) is 0. The summed E-state index contributed by atoms with van der Waals surface area (Å²) in [5.41, 5.74) is 1.03. The molecular weight excluding hydrogens is 206 g/mol. The van der Waals surface area contributed by atoms with Gasteiger partial charge in [0, 0.05) is 19.3 Å². The van der Waals surface area contributed by atoms with Gasteiger partial charge in [0.15, 0.2) is 0 Å². The maximum absolute atomic E-state index is 5.56. The van der Waals surface area contributed by atoms with Crippen LogP contribution in [-0.4, -0.2) is 42.0 Å². The zero-order valence-corrected chi connectivity index (χ0v) is 9.90. The van der Waals surface area contributed by atoms with Crippen LogP contribution in [0, 0.1) is 6.92 Å². The summed E-state index contributed by atoms with van der Waals surface area (Å²) in [6.45, 7) is 7.83. The zero-order valence-electron chi connectivity index (χ0n) is 9.90. The Morgan fingerprint density at radius 1 is 1.56 bits per heavy atom.